The monoisotopic (exact) mass is 204 g/mol. The molecule has 0 saturated heterocycles. The van der Waals surface area contributed by atoms with Gasteiger partial charge in [-0.15, -0.1) is 0 Å². The zero-order chi connectivity index (χ0) is 8.72. The summed E-state index contributed by atoms with van der Waals surface area (Å²) in [5, 5.41) is 2.72. The van der Waals surface area contributed by atoms with E-state index in [1.54, 1.807) is 0 Å². The van der Waals surface area contributed by atoms with Gasteiger partial charge in [0.2, 0.25) is 5.95 Å². The van der Waals surface area contributed by atoms with Crippen LogP contribution in [0.1, 0.15) is 0 Å². The molecule has 0 radical (unpaired) electrons. The molecule has 1 aliphatic heterocycles. The van der Waals surface area contributed by atoms with E-state index in [2.05, 4.69) is 15.3 Å². The van der Waals surface area contributed by atoms with Crippen molar-refractivity contribution in [2.24, 2.45) is 0 Å². The molecule has 2 rings (SSSR count). The number of rotatable bonds is 0. The van der Waals surface area contributed by atoms with Crippen molar-refractivity contribution in [3.05, 3.63) is 6.20 Å². The Kier molecular flexibility index (Phi) is 1.66. The molecule has 1 aliphatic rings. The van der Waals surface area contributed by atoms with E-state index in [-0.39, 0.29) is 5.95 Å². The van der Waals surface area contributed by atoms with Crippen molar-refractivity contribution < 1.29 is 4.21 Å². The molecular formula is C5H5ClN4OS. The highest BCUT2D eigenvalue weighted by atomic mass is 35.5. The van der Waals surface area contributed by atoms with Gasteiger partial charge in [0.15, 0.2) is 4.83 Å². The van der Waals surface area contributed by atoms with Crippen LogP contribution in [-0.2, 0) is 10.8 Å². The number of hydrogen-bond donors (Lipinski definition) is 2. The van der Waals surface area contributed by atoms with Gasteiger partial charge in [-0.3, -0.25) is 4.21 Å². The number of anilines is 2. The number of nitrogen functional groups attached to an aromatic ring is 1. The van der Waals surface area contributed by atoms with E-state index in [4.69, 9.17) is 17.3 Å². The minimum atomic E-state index is -1.28. The summed E-state index contributed by atoms with van der Waals surface area (Å²) in [6.07, 6.45) is 1.42. The lowest BCUT2D eigenvalue weighted by Crippen LogP contribution is -2.08. The smallest absolute Gasteiger partial charge is 0.222 e. The molecule has 0 saturated carbocycles. The fraction of sp³-hybridized carbons (Fsp3) is 0.200. The van der Waals surface area contributed by atoms with Crippen LogP contribution < -0.4 is 11.1 Å². The number of halogens is 1. The van der Waals surface area contributed by atoms with E-state index in [9.17, 15) is 4.21 Å². The van der Waals surface area contributed by atoms with Gasteiger partial charge in [0.1, 0.15) is 10.7 Å². The average molecular weight is 205 g/mol. The molecule has 3 N–H and O–H groups in total. The Hall–Kier alpha value is -0.880. The Labute approximate surface area is 75.8 Å². The van der Waals surface area contributed by atoms with Gasteiger partial charge in [0, 0.05) is 0 Å². The first-order valence-corrected chi connectivity index (χ1v) is 4.77. The van der Waals surface area contributed by atoms with E-state index >= 15 is 0 Å². The predicted molar refractivity (Wildman–Crippen MR) is 46.1 cm³/mol. The molecule has 0 bridgehead atoms. The first kappa shape index (κ1) is 7.75. The third kappa shape index (κ3) is 1.03. The van der Waals surface area contributed by atoms with E-state index in [0.717, 1.165) is 0 Å². The van der Waals surface area contributed by atoms with Crippen LogP contribution in [0.2, 0.25) is 0 Å². The average Bonchev–Trinajstić information content (AvgIpc) is 2.28. The fourth-order valence-electron chi connectivity index (χ4n) is 0.908. The predicted octanol–water partition coefficient (Wildman–Crippen LogP) is 0.114. The molecule has 7 heteroatoms. The van der Waals surface area contributed by atoms with Crippen LogP contribution in [0, 0.1) is 0 Å². The lowest BCUT2D eigenvalue weighted by atomic mass is 10.6. The summed E-state index contributed by atoms with van der Waals surface area (Å²) in [6, 6.07) is 0. The van der Waals surface area contributed by atoms with Crippen LogP contribution in [0.3, 0.4) is 0 Å². The lowest BCUT2D eigenvalue weighted by Gasteiger charge is -1.96. The van der Waals surface area contributed by atoms with Crippen LogP contribution in [0.5, 0.6) is 0 Å². The zero-order valence-electron chi connectivity index (χ0n) is 5.82. The number of nitrogens with one attached hydrogen (secondary N) is 1. The highest BCUT2D eigenvalue weighted by molar-refractivity contribution is 7.87. The zero-order valence-corrected chi connectivity index (χ0v) is 7.39. The Morgan fingerprint density at radius 3 is 3.25 bits per heavy atom. The van der Waals surface area contributed by atoms with Crippen molar-refractivity contribution in [2.75, 3.05) is 11.1 Å². The summed E-state index contributed by atoms with van der Waals surface area (Å²) in [6.45, 7) is 0. The van der Waals surface area contributed by atoms with E-state index < -0.39 is 15.6 Å². The second kappa shape index (κ2) is 2.56. The number of fused-ring (bicyclic) bond motifs is 1. The van der Waals surface area contributed by atoms with Crippen LogP contribution >= 0.6 is 11.6 Å². The van der Waals surface area contributed by atoms with Crippen molar-refractivity contribution in [2.45, 2.75) is 9.73 Å². The maximum absolute atomic E-state index is 11.3. The fourth-order valence-corrected chi connectivity index (χ4v) is 2.19. The number of nitrogens with two attached hydrogens (primary N) is 1. The second-order valence-electron chi connectivity index (χ2n) is 2.20. The van der Waals surface area contributed by atoms with Gasteiger partial charge in [0.05, 0.1) is 17.0 Å². The Bertz CT molecular complexity index is 357. The Morgan fingerprint density at radius 2 is 2.50 bits per heavy atom. The maximum atomic E-state index is 11.3. The molecule has 0 aromatic carbocycles. The highest BCUT2D eigenvalue weighted by Crippen LogP contribution is 2.29. The quantitative estimate of drug-likeness (QED) is 0.463. The van der Waals surface area contributed by atoms with E-state index in [1.807, 2.05) is 0 Å². The summed E-state index contributed by atoms with van der Waals surface area (Å²) < 4.78 is 11.3. The van der Waals surface area contributed by atoms with Gasteiger partial charge < -0.3 is 11.1 Å². The largest absolute Gasteiger partial charge is 0.368 e. The molecule has 0 unspecified atom stereocenters. The molecule has 1 aromatic rings. The molecule has 2 atom stereocenters. The first-order valence-electron chi connectivity index (χ1n) is 3.12. The third-order valence-corrected chi connectivity index (χ3v) is 3.25. The van der Waals surface area contributed by atoms with E-state index in [1.165, 1.54) is 6.20 Å². The summed E-state index contributed by atoms with van der Waals surface area (Å²) in [5.74, 6) is 0.602. The molecule has 12 heavy (non-hydrogen) atoms. The normalized spacial score (nSPS) is 26.4. The van der Waals surface area contributed by atoms with Gasteiger partial charge in [-0.25, -0.2) is 4.98 Å². The second-order valence-corrected chi connectivity index (χ2v) is 4.40. The standard InChI is InChI=1S/C5H5ClN4OS/c6-4-9-3-2(12(4)11)1-8-5(7)10-3/h1,4H,(H3,7,8,9,10)/t4-,12+/m1/s1. The van der Waals surface area contributed by atoms with E-state index in [0.29, 0.717) is 10.7 Å². The lowest BCUT2D eigenvalue weighted by molar-refractivity contribution is 0.684. The van der Waals surface area contributed by atoms with Crippen LogP contribution in [0.15, 0.2) is 11.1 Å². The van der Waals surface area contributed by atoms with Crippen molar-refractivity contribution in [3.63, 3.8) is 0 Å². The maximum Gasteiger partial charge on any atom is 0.222 e. The minimum absolute atomic E-state index is 0.143. The highest BCUT2D eigenvalue weighted by Gasteiger charge is 2.28. The number of aromatic nitrogens is 2. The summed E-state index contributed by atoms with van der Waals surface area (Å²) in [5.41, 5.74) is 5.32. The molecule has 0 fully saturated rings. The first-order chi connectivity index (χ1) is 5.68. The summed E-state index contributed by atoms with van der Waals surface area (Å²) >= 11 is 5.66. The molecule has 0 aliphatic carbocycles. The number of nitrogens with zero attached hydrogens (tertiary/aromatic N) is 2. The molecule has 0 amide bonds. The van der Waals surface area contributed by atoms with Crippen molar-refractivity contribution in [1.29, 1.82) is 0 Å². The van der Waals surface area contributed by atoms with Crippen LogP contribution in [-0.4, -0.2) is 19.0 Å². The third-order valence-electron chi connectivity index (χ3n) is 1.43. The van der Waals surface area contributed by atoms with Gasteiger partial charge in [-0.2, -0.15) is 4.98 Å². The summed E-state index contributed by atoms with van der Waals surface area (Å²) in [4.78, 5) is 7.42. The Morgan fingerprint density at radius 1 is 1.75 bits per heavy atom. The Balaban J connectivity index is 2.54. The summed E-state index contributed by atoms with van der Waals surface area (Å²) in [7, 11) is -1.28. The molecular weight excluding hydrogens is 200 g/mol. The SMILES string of the molecule is Nc1ncc2c(n1)N[C@@H](Cl)[S@]2=O. The van der Waals surface area contributed by atoms with Gasteiger partial charge in [-0.05, 0) is 0 Å². The van der Waals surface area contributed by atoms with Gasteiger partial charge in [-0.1, -0.05) is 11.6 Å². The number of hydrogen-bond acceptors (Lipinski definition) is 5. The molecule has 5 nitrogen and oxygen atoms in total. The van der Waals surface area contributed by atoms with Gasteiger partial charge >= 0.3 is 0 Å². The molecule has 0 spiro atoms. The molecule has 2 heterocycles. The minimum Gasteiger partial charge on any atom is -0.368 e. The van der Waals surface area contributed by atoms with Crippen LogP contribution in [0.4, 0.5) is 11.8 Å². The van der Waals surface area contributed by atoms with Crippen molar-refractivity contribution in [3.8, 4) is 0 Å². The topological polar surface area (TPSA) is 80.9 Å². The molecule has 1 aromatic heterocycles. The molecule has 64 valence electrons. The number of alkyl halides is 1. The van der Waals surface area contributed by atoms with Crippen LogP contribution in [0.25, 0.3) is 0 Å². The van der Waals surface area contributed by atoms with Crippen molar-refractivity contribution >= 4 is 34.2 Å². The van der Waals surface area contributed by atoms with Gasteiger partial charge in [0.25, 0.3) is 0 Å². The van der Waals surface area contributed by atoms with Crippen molar-refractivity contribution in [1.82, 2.24) is 9.97 Å².